The lowest BCUT2D eigenvalue weighted by Crippen LogP contribution is -2.19. The number of benzene rings is 1. The van der Waals surface area contributed by atoms with E-state index in [0.29, 0.717) is 15.8 Å². The van der Waals surface area contributed by atoms with Gasteiger partial charge in [0.25, 0.3) is 5.91 Å². The summed E-state index contributed by atoms with van der Waals surface area (Å²) in [5.41, 5.74) is 13.8. The number of carbonyl (C=O) groups excluding carboxylic acids is 3. The quantitative estimate of drug-likeness (QED) is 0.529. The standard InChI is InChI=1S/C19H19N3O4S/c1-4-14(23)26-13-7-5-6-11-12(8-22(15(11)13)19(21)25)16-9(2)10(3)17(27-16)18(20)24/h5-8H,4H2,1-3H3,(H2,20,24)(H2,21,25). The fourth-order valence-corrected chi connectivity index (χ4v) is 4.16. The van der Waals surface area contributed by atoms with Gasteiger partial charge in [-0.3, -0.25) is 14.2 Å². The fraction of sp³-hybridized carbons (Fsp3) is 0.211. The summed E-state index contributed by atoms with van der Waals surface area (Å²) in [4.78, 5) is 36.7. The van der Waals surface area contributed by atoms with E-state index in [1.807, 2.05) is 19.9 Å². The second kappa shape index (κ2) is 6.88. The van der Waals surface area contributed by atoms with Crippen molar-refractivity contribution in [3.63, 3.8) is 0 Å². The first kappa shape index (κ1) is 18.7. The highest BCUT2D eigenvalue weighted by Gasteiger charge is 2.23. The van der Waals surface area contributed by atoms with E-state index in [1.54, 1.807) is 25.3 Å². The van der Waals surface area contributed by atoms with Gasteiger partial charge >= 0.3 is 12.0 Å². The van der Waals surface area contributed by atoms with Gasteiger partial charge in [-0.25, -0.2) is 4.79 Å². The molecule has 0 spiro atoms. The zero-order chi connectivity index (χ0) is 19.9. The number of ether oxygens (including phenoxy) is 1. The van der Waals surface area contributed by atoms with Crippen LogP contribution in [-0.2, 0) is 4.79 Å². The molecule has 27 heavy (non-hydrogen) atoms. The van der Waals surface area contributed by atoms with E-state index < -0.39 is 17.9 Å². The first-order valence-electron chi connectivity index (χ1n) is 8.30. The predicted octanol–water partition coefficient (Wildman–Crippen LogP) is 3.33. The van der Waals surface area contributed by atoms with Crippen molar-refractivity contribution in [2.24, 2.45) is 11.5 Å². The number of rotatable bonds is 4. The number of fused-ring (bicyclic) bond motifs is 1. The topological polar surface area (TPSA) is 117 Å². The largest absolute Gasteiger partial charge is 0.424 e. The maximum atomic E-state index is 12.0. The highest BCUT2D eigenvalue weighted by molar-refractivity contribution is 7.17. The zero-order valence-electron chi connectivity index (χ0n) is 15.2. The van der Waals surface area contributed by atoms with Crippen LogP contribution in [0.15, 0.2) is 24.4 Å². The number of amides is 2. The molecule has 0 bridgehead atoms. The highest BCUT2D eigenvalue weighted by atomic mass is 32.1. The fourth-order valence-electron chi connectivity index (χ4n) is 2.97. The van der Waals surface area contributed by atoms with E-state index in [1.165, 1.54) is 15.9 Å². The lowest BCUT2D eigenvalue weighted by Gasteiger charge is -2.07. The molecule has 0 aliphatic heterocycles. The number of para-hydroxylation sites is 1. The molecule has 0 fully saturated rings. The molecule has 140 valence electrons. The molecule has 2 amide bonds. The van der Waals surface area contributed by atoms with Gasteiger partial charge in [0.15, 0.2) is 5.75 Å². The lowest BCUT2D eigenvalue weighted by molar-refractivity contribution is -0.133. The smallest absolute Gasteiger partial charge is 0.323 e. The number of carbonyl (C=O) groups is 3. The Morgan fingerprint density at radius 2 is 1.85 bits per heavy atom. The number of nitrogens with two attached hydrogens (primary N) is 2. The number of thiophene rings is 1. The number of primary amides is 2. The van der Waals surface area contributed by atoms with E-state index in [9.17, 15) is 14.4 Å². The Labute approximate surface area is 159 Å². The Morgan fingerprint density at radius 3 is 2.41 bits per heavy atom. The van der Waals surface area contributed by atoms with Crippen LogP contribution in [-0.4, -0.2) is 22.5 Å². The molecule has 0 aliphatic carbocycles. The van der Waals surface area contributed by atoms with Crippen molar-refractivity contribution in [1.29, 1.82) is 0 Å². The lowest BCUT2D eigenvalue weighted by atomic mass is 10.1. The number of hydrogen-bond donors (Lipinski definition) is 2. The van der Waals surface area contributed by atoms with Gasteiger partial charge < -0.3 is 16.2 Å². The van der Waals surface area contributed by atoms with Crippen LogP contribution in [0, 0.1) is 13.8 Å². The van der Waals surface area contributed by atoms with Gasteiger partial charge in [-0.1, -0.05) is 19.1 Å². The molecule has 0 saturated carbocycles. The second-order valence-corrected chi connectivity index (χ2v) is 7.13. The molecule has 4 N–H and O–H groups in total. The molecule has 2 heterocycles. The summed E-state index contributed by atoms with van der Waals surface area (Å²) in [5.74, 6) is -0.658. The molecule has 0 unspecified atom stereocenters. The first-order chi connectivity index (χ1) is 12.8. The zero-order valence-corrected chi connectivity index (χ0v) is 16.0. The van der Waals surface area contributed by atoms with Gasteiger partial charge in [-0.15, -0.1) is 11.3 Å². The van der Waals surface area contributed by atoms with Crippen LogP contribution in [0.2, 0.25) is 0 Å². The molecule has 0 radical (unpaired) electrons. The Bertz CT molecular complexity index is 1090. The van der Waals surface area contributed by atoms with Gasteiger partial charge in [0.05, 0.1) is 4.88 Å². The van der Waals surface area contributed by atoms with Crippen molar-refractivity contribution < 1.29 is 19.1 Å². The van der Waals surface area contributed by atoms with Crippen molar-refractivity contribution in [1.82, 2.24) is 4.57 Å². The van der Waals surface area contributed by atoms with E-state index in [4.69, 9.17) is 16.2 Å². The summed E-state index contributed by atoms with van der Waals surface area (Å²) in [6.45, 7) is 5.41. The van der Waals surface area contributed by atoms with E-state index in [0.717, 1.165) is 21.6 Å². The van der Waals surface area contributed by atoms with Crippen LogP contribution in [0.1, 0.15) is 34.1 Å². The number of hydrogen-bond acceptors (Lipinski definition) is 5. The van der Waals surface area contributed by atoms with Crippen molar-refractivity contribution in [2.45, 2.75) is 27.2 Å². The average Bonchev–Trinajstić information content (AvgIpc) is 3.14. The van der Waals surface area contributed by atoms with Crippen molar-refractivity contribution in [3.05, 3.63) is 40.4 Å². The summed E-state index contributed by atoms with van der Waals surface area (Å²) in [6.07, 6.45) is 1.80. The van der Waals surface area contributed by atoms with Crippen molar-refractivity contribution in [3.8, 4) is 16.2 Å². The van der Waals surface area contributed by atoms with Gasteiger partial charge in [-0.05, 0) is 31.0 Å². The molecule has 0 aliphatic rings. The molecule has 0 atom stereocenters. The summed E-state index contributed by atoms with van der Waals surface area (Å²) >= 11 is 1.26. The minimum Gasteiger partial charge on any atom is -0.424 e. The highest BCUT2D eigenvalue weighted by Crippen LogP contribution is 2.42. The van der Waals surface area contributed by atoms with Crippen LogP contribution >= 0.6 is 11.3 Å². The molecule has 1 aromatic carbocycles. The molecular formula is C19H19N3O4S. The molecule has 3 aromatic rings. The van der Waals surface area contributed by atoms with Crippen LogP contribution in [0.25, 0.3) is 21.3 Å². The molecule has 7 nitrogen and oxygen atoms in total. The van der Waals surface area contributed by atoms with Crippen LogP contribution < -0.4 is 16.2 Å². The Morgan fingerprint density at radius 1 is 1.15 bits per heavy atom. The Balaban J connectivity index is 2.32. The second-order valence-electron chi connectivity index (χ2n) is 6.11. The molecule has 3 rings (SSSR count). The normalized spacial score (nSPS) is 10.9. The monoisotopic (exact) mass is 385 g/mol. The van der Waals surface area contributed by atoms with Gasteiger partial charge in [0.1, 0.15) is 5.52 Å². The Kier molecular flexibility index (Phi) is 4.75. The predicted molar refractivity (Wildman–Crippen MR) is 104 cm³/mol. The van der Waals surface area contributed by atoms with Crippen molar-refractivity contribution >= 4 is 40.1 Å². The molecule has 0 saturated heterocycles. The third-order valence-electron chi connectivity index (χ3n) is 4.45. The van der Waals surface area contributed by atoms with Gasteiger partial charge in [0.2, 0.25) is 0 Å². The minimum atomic E-state index is -0.702. The summed E-state index contributed by atoms with van der Waals surface area (Å²) in [6, 6.07) is 4.46. The van der Waals surface area contributed by atoms with E-state index in [-0.39, 0.29) is 12.2 Å². The van der Waals surface area contributed by atoms with Crippen LogP contribution in [0.4, 0.5) is 4.79 Å². The maximum absolute atomic E-state index is 12.0. The number of aromatic nitrogens is 1. The summed E-state index contributed by atoms with van der Waals surface area (Å²) in [7, 11) is 0. The van der Waals surface area contributed by atoms with Crippen LogP contribution in [0.3, 0.4) is 0 Å². The minimum absolute atomic E-state index is 0.200. The van der Waals surface area contributed by atoms with Gasteiger partial charge in [0, 0.05) is 28.4 Å². The van der Waals surface area contributed by atoms with Gasteiger partial charge in [-0.2, -0.15) is 0 Å². The molecule has 8 heteroatoms. The molecular weight excluding hydrogens is 366 g/mol. The maximum Gasteiger partial charge on any atom is 0.323 e. The number of esters is 1. The SMILES string of the molecule is CCC(=O)Oc1cccc2c(-c3sc(C(N)=O)c(C)c3C)cn(C(N)=O)c12. The average molecular weight is 385 g/mol. The summed E-state index contributed by atoms with van der Waals surface area (Å²) in [5, 5.41) is 0.690. The van der Waals surface area contributed by atoms with E-state index in [2.05, 4.69) is 0 Å². The first-order valence-corrected chi connectivity index (χ1v) is 9.12. The molecule has 2 aromatic heterocycles. The van der Waals surface area contributed by atoms with E-state index >= 15 is 0 Å². The Hall–Kier alpha value is -3.13. The van der Waals surface area contributed by atoms with Crippen LogP contribution in [0.5, 0.6) is 5.75 Å². The number of nitrogens with zero attached hydrogens (tertiary/aromatic N) is 1. The van der Waals surface area contributed by atoms with Crippen molar-refractivity contribution in [2.75, 3.05) is 0 Å². The third kappa shape index (κ3) is 3.08. The third-order valence-corrected chi connectivity index (χ3v) is 5.90. The summed E-state index contributed by atoms with van der Waals surface area (Å²) < 4.78 is 6.63.